The fraction of sp³-hybridized carbons (Fsp3) is 0.185. The maximum Gasteiger partial charge on any atom is 1.00 e. The summed E-state index contributed by atoms with van der Waals surface area (Å²) in [6.07, 6.45) is -1.22. The molecule has 5 nitrogen and oxygen atoms in total. The molecule has 1 saturated carbocycles. The number of aromatic nitrogens is 1. The van der Waals surface area contributed by atoms with Crippen LogP contribution < -0.4 is 56.7 Å². The molecule has 1 aliphatic carbocycles. The van der Waals surface area contributed by atoms with E-state index >= 15 is 0 Å². The molecule has 186 valence electrons. The van der Waals surface area contributed by atoms with E-state index in [0.717, 1.165) is 23.1 Å². The molecule has 1 amide bonds. The zero-order valence-corrected chi connectivity index (χ0v) is 23.7. The molecule has 3 aromatic carbocycles. The summed E-state index contributed by atoms with van der Waals surface area (Å²) in [4.78, 5) is 24.6. The first kappa shape index (κ1) is 27.9. The molecule has 1 fully saturated rings. The molecule has 1 heterocycles. The molecule has 0 aliphatic heterocycles. The molecular weight excluding hydrogens is 532 g/mol. The first-order chi connectivity index (χ1) is 17.1. The van der Waals surface area contributed by atoms with Crippen molar-refractivity contribution in [3.63, 3.8) is 0 Å². The van der Waals surface area contributed by atoms with Crippen LogP contribution in [0.15, 0.2) is 72.9 Å². The number of alkyl halides is 3. The average molecular weight is 553 g/mol. The fourth-order valence-electron chi connectivity index (χ4n) is 4.44. The van der Waals surface area contributed by atoms with Crippen molar-refractivity contribution >= 4 is 34.4 Å². The van der Waals surface area contributed by atoms with Gasteiger partial charge in [0, 0.05) is 23.2 Å². The van der Waals surface area contributed by atoms with Crippen LogP contribution in [0.2, 0.25) is 5.02 Å². The number of hydrogen-bond donors (Lipinski definition) is 2. The van der Waals surface area contributed by atoms with E-state index in [1.54, 1.807) is 36.5 Å². The molecular formula is C27H21ClF3KN2O3. The van der Waals surface area contributed by atoms with Crippen molar-refractivity contribution in [2.45, 2.75) is 31.1 Å². The van der Waals surface area contributed by atoms with Gasteiger partial charge in [0.2, 0.25) is 0 Å². The van der Waals surface area contributed by atoms with Crippen LogP contribution in [0.5, 0.6) is 0 Å². The second kappa shape index (κ2) is 10.6. The van der Waals surface area contributed by atoms with Crippen molar-refractivity contribution in [3.05, 3.63) is 106 Å². The van der Waals surface area contributed by atoms with Crippen LogP contribution in [-0.4, -0.2) is 21.6 Å². The van der Waals surface area contributed by atoms with E-state index in [2.05, 4.69) is 5.32 Å². The summed E-state index contributed by atoms with van der Waals surface area (Å²) >= 11 is 6.30. The van der Waals surface area contributed by atoms with Crippen molar-refractivity contribution in [2.75, 3.05) is 0 Å². The van der Waals surface area contributed by atoms with E-state index in [1.807, 2.05) is 4.57 Å². The summed E-state index contributed by atoms with van der Waals surface area (Å²) in [6, 6.07) is 16.5. The number of carboxylic acid groups (broad SMARTS) is 1. The van der Waals surface area contributed by atoms with E-state index in [0.29, 0.717) is 34.5 Å². The number of fused-ring (bicyclic) bond motifs is 1. The normalized spacial score (nSPS) is 14.2. The van der Waals surface area contributed by atoms with Gasteiger partial charge in [0.25, 0.3) is 5.91 Å². The van der Waals surface area contributed by atoms with Crippen LogP contribution in [-0.2, 0) is 18.3 Å². The maximum absolute atomic E-state index is 13.5. The Hall–Kier alpha value is -2.14. The first-order valence-electron chi connectivity index (χ1n) is 11.2. The van der Waals surface area contributed by atoms with Crippen molar-refractivity contribution < 1.29 is 80.7 Å². The summed E-state index contributed by atoms with van der Waals surface area (Å²) in [6.45, 7) is 0.269. The molecule has 4 aromatic rings. The van der Waals surface area contributed by atoms with Gasteiger partial charge < -0.3 is 16.4 Å². The molecule has 0 spiro atoms. The summed E-state index contributed by atoms with van der Waals surface area (Å²) in [7, 11) is 0. The Labute approximate surface area is 259 Å². The molecule has 5 rings (SSSR count). The second-order valence-corrected chi connectivity index (χ2v) is 9.38. The number of carbonyl (C=O) groups excluding carboxylic acids is 1. The number of carboxylic acids is 1. The number of benzene rings is 3. The monoisotopic (exact) mass is 552 g/mol. The zero-order chi connectivity index (χ0) is 25.7. The number of carbonyl (C=O) groups is 2. The standard InChI is InChI=1S/C27H20ClF3N2O3.K.H/c28-21-13-18-9-12-33(15-16-1-5-20(6-2-16)27(29,30)31)23(18)22(14-21)24(34)32-26(10-11-26)19-7-3-17(4-8-19)25(35)36;;/h1-9,12-14H,10-11,15H2,(H,32,34)(H,35,36);;/q;+1;-1. The van der Waals surface area contributed by atoms with Gasteiger partial charge in [0.05, 0.1) is 27.7 Å². The Morgan fingerprint density at radius 3 is 2.24 bits per heavy atom. The Balaban J connectivity index is 0.00000200. The number of amides is 1. The first-order valence-corrected chi connectivity index (χ1v) is 11.5. The van der Waals surface area contributed by atoms with Gasteiger partial charge in [-0.15, -0.1) is 0 Å². The predicted octanol–water partition coefficient (Wildman–Crippen LogP) is 3.60. The summed E-state index contributed by atoms with van der Waals surface area (Å²) < 4.78 is 40.6. The SMILES string of the molecule is O=C(O)c1ccc(C2(NC(=O)c3cc(Cl)cc4ccn(Cc5ccc(C(F)(F)F)cc5)c34)CC2)cc1.[H-].[K+]. The smallest absolute Gasteiger partial charge is 1.00 e. The largest absolute Gasteiger partial charge is 1.00 e. The van der Waals surface area contributed by atoms with Crippen molar-refractivity contribution in [2.24, 2.45) is 0 Å². The molecule has 1 aromatic heterocycles. The number of rotatable bonds is 6. The van der Waals surface area contributed by atoms with Gasteiger partial charge in [-0.05, 0) is 66.4 Å². The van der Waals surface area contributed by atoms with Crippen LogP contribution in [0, 0.1) is 0 Å². The third kappa shape index (κ3) is 5.82. The average Bonchev–Trinajstić information content (AvgIpc) is 3.51. The number of nitrogens with one attached hydrogen (secondary N) is 1. The zero-order valence-electron chi connectivity index (χ0n) is 20.8. The topological polar surface area (TPSA) is 71.3 Å². The molecule has 37 heavy (non-hydrogen) atoms. The van der Waals surface area contributed by atoms with Gasteiger partial charge in [-0.3, -0.25) is 4.79 Å². The molecule has 2 N–H and O–H groups in total. The minimum absolute atomic E-state index is 0. The minimum Gasteiger partial charge on any atom is -1.00 e. The van der Waals surface area contributed by atoms with Crippen molar-refractivity contribution in [1.29, 1.82) is 0 Å². The summed E-state index contributed by atoms with van der Waals surface area (Å²) in [5.41, 5.74) is 1.29. The molecule has 0 unspecified atom stereocenters. The second-order valence-electron chi connectivity index (χ2n) is 8.95. The van der Waals surface area contributed by atoms with Gasteiger partial charge in [-0.25, -0.2) is 4.79 Å². The van der Waals surface area contributed by atoms with Crippen LogP contribution in [0.25, 0.3) is 10.9 Å². The molecule has 1 aliphatic rings. The van der Waals surface area contributed by atoms with Crippen LogP contribution in [0.1, 0.15) is 51.7 Å². The minimum atomic E-state index is -4.41. The van der Waals surface area contributed by atoms with Crippen LogP contribution in [0.3, 0.4) is 0 Å². The van der Waals surface area contributed by atoms with Crippen molar-refractivity contribution in [1.82, 2.24) is 9.88 Å². The van der Waals surface area contributed by atoms with E-state index < -0.39 is 23.2 Å². The molecule has 0 bridgehead atoms. The van der Waals surface area contributed by atoms with Gasteiger partial charge in [0.15, 0.2) is 0 Å². The number of hydrogen-bond acceptors (Lipinski definition) is 2. The number of aromatic carboxylic acids is 1. The fourth-order valence-corrected chi connectivity index (χ4v) is 4.67. The Kier molecular flexibility index (Phi) is 7.95. The van der Waals surface area contributed by atoms with E-state index in [4.69, 9.17) is 16.7 Å². The molecule has 10 heteroatoms. The Morgan fingerprint density at radius 2 is 1.68 bits per heavy atom. The summed E-state index contributed by atoms with van der Waals surface area (Å²) in [5.74, 6) is -1.36. The third-order valence-corrected chi connectivity index (χ3v) is 6.71. The Morgan fingerprint density at radius 1 is 1.03 bits per heavy atom. The van der Waals surface area contributed by atoms with E-state index in [-0.39, 0.29) is 70.8 Å². The van der Waals surface area contributed by atoms with Gasteiger partial charge in [-0.2, -0.15) is 13.2 Å². The van der Waals surface area contributed by atoms with Crippen molar-refractivity contribution in [3.8, 4) is 0 Å². The van der Waals surface area contributed by atoms with Gasteiger partial charge in [0.1, 0.15) is 0 Å². The predicted molar refractivity (Wildman–Crippen MR) is 130 cm³/mol. The quantitative estimate of drug-likeness (QED) is 0.359. The molecule has 0 radical (unpaired) electrons. The molecule has 0 saturated heterocycles. The van der Waals surface area contributed by atoms with Gasteiger partial charge in [-0.1, -0.05) is 35.9 Å². The summed E-state index contributed by atoms with van der Waals surface area (Å²) in [5, 5.41) is 13.3. The molecule has 0 atom stereocenters. The van der Waals surface area contributed by atoms with Crippen LogP contribution in [0.4, 0.5) is 13.2 Å². The Bertz CT molecular complexity index is 1480. The number of halogens is 4. The van der Waals surface area contributed by atoms with Gasteiger partial charge >= 0.3 is 63.5 Å². The number of nitrogens with zero attached hydrogens (tertiary/aromatic N) is 1. The van der Waals surface area contributed by atoms with E-state index in [9.17, 15) is 22.8 Å². The van der Waals surface area contributed by atoms with E-state index in [1.165, 1.54) is 24.3 Å². The van der Waals surface area contributed by atoms with Crippen LogP contribution >= 0.6 is 11.6 Å². The maximum atomic E-state index is 13.5. The third-order valence-electron chi connectivity index (χ3n) is 6.49.